The SMILES string of the molecule is OC(c1cn2ccccc2n1)c1c(F)cccc1F. The van der Waals surface area contributed by atoms with Crippen molar-refractivity contribution in [1.29, 1.82) is 0 Å². The van der Waals surface area contributed by atoms with Gasteiger partial charge in [0.2, 0.25) is 0 Å². The number of aromatic nitrogens is 2. The van der Waals surface area contributed by atoms with E-state index < -0.39 is 17.7 Å². The lowest BCUT2D eigenvalue weighted by Gasteiger charge is -2.10. The van der Waals surface area contributed by atoms with Crippen LogP contribution in [-0.2, 0) is 0 Å². The second kappa shape index (κ2) is 4.44. The first-order valence-electron chi connectivity index (χ1n) is 5.72. The number of fused-ring (bicyclic) bond motifs is 1. The average Bonchev–Trinajstić information content (AvgIpc) is 2.82. The number of pyridine rings is 1. The Morgan fingerprint density at radius 2 is 1.79 bits per heavy atom. The number of rotatable bonds is 2. The van der Waals surface area contributed by atoms with E-state index in [1.807, 2.05) is 0 Å². The van der Waals surface area contributed by atoms with Gasteiger partial charge < -0.3 is 9.51 Å². The molecule has 0 aliphatic rings. The zero-order valence-electron chi connectivity index (χ0n) is 9.79. The first kappa shape index (κ1) is 11.8. The summed E-state index contributed by atoms with van der Waals surface area (Å²) in [7, 11) is 0. The molecule has 0 aliphatic heterocycles. The smallest absolute Gasteiger partial charge is 0.137 e. The van der Waals surface area contributed by atoms with Crippen LogP contribution in [0.1, 0.15) is 17.4 Å². The number of nitrogens with zero attached hydrogens (tertiary/aromatic N) is 2. The van der Waals surface area contributed by atoms with Crippen molar-refractivity contribution >= 4 is 5.65 Å². The number of hydrogen-bond acceptors (Lipinski definition) is 2. The summed E-state index contributed by atoms with van der Waals surface area (Å²) >= 11 is 0. The maximum Gasteiger partial charge on any atom is 0.137 e. The molecular weight excluding hydrogens is 250 g/mol. The predicted octanol–water partition coefficient (Wildman–Crippen LogP) is 2.69. The molecule has 3 aromatic rings. The minimum atomic E-state index is -1.43. The highest BCUT2D eigenvalue weighted by Crippen LogP contribution is 2.26. The molecule has 5 heteroatoms. The Kier molecular flexibility index (Phi) is 2.76. The predicted molar refractivity (Wildman–Crippen MR) is 65.6 cm³/mol. The van der Waals surface area contributed by atoms with Gasteiger partial charge in [0.05, 0.1) is 11.3 Å². The van der Waals surface area contributed by atoms with E-state index in [9.17, 15) is 13.9 Å². The number of aliphatic hydroxyl groups excluding tert-OH is 1. The molecule has 2 aromatic heterocycles. The maximum atomic E-state index is 13.6. The van der Waals surface area contributed by atoms with Crippen LogP contribution in [0.2, 0.25) is 0 Å². The molecule has 1 atom stereocenters. The fourth-order valence-corrected chi connectivity index (χ4v) is 2.01. The molecule has 0 saturated heterocycles. The summed E-state index contributed by atoms with van der Waals surface area (Å²) in [5.74, 6) is -1.57. The van der Waals surface area contributed by atoms with Crippen molar-refractivity contribution < 1.29 is 13.9 Å². The van der Waals surface area contributed by atoms with Gasteiger partial charge in [-0.25, -0.2) is 13.8 Å². The Morgan fingerprint density at radius 3 is 2.47 bits per heavy atom. The lowest BCUT2D eigenvalue weighted by atomic mass is 10.1. The highest BCUT2D eigenvalue weighted by molar-refractivity contribution is 5.41. The molecule has 2 heterocycles. The summed E-state index contributed by atoms with van der Waals surface area (Å²) in [6, 6.07) is 8.81. The highest BCUT2D eigenvalue weighted by atomic mass is 19.1. The molecule has 0 spiro atoms. The number of hydrogen-bond donors (Lipinski definition) is 1. The maximum absolute atomic E-state index is 13.6. The third kappa shape index (κ3) is 1.98. The van der Waals surface area contributed by atoms with Gasteiger partial charge in [0.15, 0.2) is 0 Å². The highest BCUT2D eigenvalue weighted by Gasteiger charge is 2.21. The molecule has 0 amide bonds. The summed E-state index contributed by atoms with van der Waals surface area (Å²) in [6.07, 6.45) is 1.86. The second-order valence-corrected chi connectivity index (χ2v) is 4.17. The summed E-state index contributed by atoms with van der Waals surface area (Å²) < 4.78 is 28.9. The number of benzene rings is 1. The van der Waals surface area contributed by atoms with E-state index in [0.717, 1.165) is 12.1 Å². The lowest BCUT2D eigenvalue weighted by Crippen LogP contribution is -2.06. The first-order valence-corrected chi connectivity index (χ1v) is 5.72. The van der Waals surface area contributed by atoms with Gasteiger partial charge >= 0.3 is 0 Å². The third-order valence-electron chi connectivity index (χ3n) is 2.94. The molecule has 0 bridgehead atoms. The topological polar surface area (TPSA) is 37.5 Å². The third-order valence-corrected chi connectivity index (χ3v) is 2.94. The van der Waals surface area contributed by atoms with Crippen LogP contribution in [0, 0.1) is 11.6 Å². The van der Waals surface area contributed by atoms with Crippen molar-refractivity contribution in [2.24, 2.45) is 0 Å². The summed E-state index contributed by atoms with van der Waals surface area (Å²) in [5.41, 5.74) is 0.425. The van der Waals surface area contributed by atoms with E-state index in [1.165, 1.54) is 6.07 Å². The van der Waals surface area contributed by atoms with Gasteiger partial charge in [-0.15, -0.1) is 0 Å². The molecule has 19 heavy (non-hydrogen) atoms. The largest absolute Gasteiger partial charge is 0.382 e. The normalized spacial score (nSPS) is 12.8. The molecule has 96 valence electrons. The molecule has 0 fully saturated rings. The molecular formula is C14H10F2N2O. The molecule has 3 rings (SSSR count). The Hall–Kier alpha value is -2.27. The Labute approximate surface area is 107 Å². The van der Waals surface area contributed by atoms with Crippen LogP contribution in [0.5, 0.6) is 0 Å². The van der Waals surface area contributed by atoms with Gasteiger partial charge in [0.25, 0.3) is 0 Å². The lowest BCUT2D eigenvalue weighted by molar-refractivity contribution is 0.205. The summed E-state index contributed by atoms with van der Waals surface area (Å²) in [4.78, 5) is 4.15. The van der Waals surface area contributed by atoms with Crippen LogP contribution in [0.3, 0.4) is 0 Å². The molecule has 3 nitrogen and oxygen atoms in total. The van der Waals surface area contributed by atoms with Gasteiger partial charge in [0.1, 0.15) is 23.4 Å². The van der Waals surface area contributed by atoms with Crippen molar-refractivity contribution in [3.05, 3.63) is 71.7 Å². The van der Waals surface area contributed by atoms with Crippen molar-refractivity contribution in [1.82, 2.24) is 9.38 Å². The number of aliphatic hydroxyl groups is 1. The van der Waals surface area contributed by atoms with Crippen LogP contribution < -0.4 is 0 Å². The second-order valence-electron chi connectivity index (χ2n) is 4.17. The average molecular weight is 260 g/mol. The van der Waals surface area contributed by atoms with E-state index in [4.69, 9.17) is 0 Å². The van der Waals surface area contributed by atoms with E-state index >= 15 is 0 Å². The molecule has 0 saturated carbocycles. The van der Waals surface area contributed by atoms with Crippen LogP contribution in [0.25, 0.3) is 5.65 Å². The van der Waals surface area contributed by atoms with E-state index in [2.05, 4.69) is 4.98 Å². The Morgan fingerprint density at radius 1 is 1.05 bits per heavy atom. The van der Waals surface area contributed by atoms with Crippen LogP contribution in [0.15, 0.2) is 48.8 Å². The number of imidazole rings is 1. The molecule has 1 unspecified atom stereocenters. The monoisotopic (exact) mass is 260 g/mol. The zero-order chi connectivity index (χ0) is 13.4. The van der Waals surface area contributed by atoms with Gasteiger partial charge in [-0.3, -0.25) is 0 Å². The van der Waals surface area contributed by atoms with Crippen LogP contribution in [-0.4, -0.2) is 14.5 Å². The van der Waals surface area contributed by atoms with Gasteiger partial charge in [-0.05, 0) is 24.3 Å². The zero-order valence-corrected chi connectivity index (χ0v) is 9.79. The minimum absolute atomic E-state index is 0.204. The van der Waals surface area contributed by atoms with Crippen LogP contribution in [0.4, 0.5) is 8.78 Å². The molecule has 1 aromatic carbocycles. The van der Waals surface area contributed by atoms with Crippen LogP contribution >= 0.6 is 0 Å². The van der Waals surface area contributed by atoms with Gasteiger partial charge in [-0.1, -0.05) is 12.1 Å². The van der Waals surface area contributed by atoms with Gasteiger partial charge in [0, 0.05) is 12.4 Å². The Bertz CT molecular complexity index is 686. The van der Waals surface area contributed by atoms with E-state index in [0.29, 0.717) is 5.65 Å². The summed E-state index contributed by atoms with van der Waals surface area (Å²) in [5, 5.41) is 10.1. The first-order chi connectivity index (χ1) is 9.16. The number of halogens is 2. The fourth-order valence-electron chi connectivity index (χ4n) is 2.01. The quantitative estimate of drug-likeness (QED) is 0.769. The van der Waals surface area contributed by atoms with Crippen molar-refractivity contribution in [3.8, 4) is 0 Å². The minimum Gasteiger partial charge on any atom is -0.382 e. The van der Waals surface area contributed by atoms with E-state index in [-0.39, 0.29) is 11.3 Å². The summed E-state index contributed by atoms with van der Waals surface area (Å²) in [6.45, 7) is 0. The Balaban J connectivity index is 2.10. The molecule has 0 radical (unpaired) electrons. The fraction of sp³-hybridized carbons (Fsp3) is 0.0714. The van der Waals surface area contributed by atoms with Crippen molar-refractivity contribution in [2.45, 2.75) is 6.10 Å². The van der Waals surface area contributed by atoms with Crippen molar-refractivity contribution in [3.63, 3.8) is 0 Å². The van der Waals surface area contributed by atoms with Crippen molar-refractivity contribution in [2.75, 3.05) is 0 Å². The molecule has 0 aliphatic carbocycles. The van der Waals surface area contributed by atoms with E-state index in [1.54, 1.807) is 35.0 Å². The standard InChI is InChI=1S/C14H10F2N2O/c15-9-4-3-5-10(16)13(9)14(19)11-8-18-7-2-1-6-12(18)17-11/h1-8,14,19H. The molecule has 1 N–H and O–H groups in total. The van der Waals surface area contributed by atoms with Gasteiger partial charge in [-0.2, -0.15) is 0 Å².